The number of carbonyl (C=O) groups is 1. The molecular weight excluding hydrogens is 424 g/mol. The highest BCUT2D eigenvalue weighted by Gasteiger charge is 2.07. The number of phenols is 1. The fourth-order valence-electron chi connectivity index (χ4n) is 2.11. The van der Waals surface area contributed by atoms with Crippen LogP contribution in [-0.2, 0) is 11.2 Å². The van der Waals surface area contributed by atoms with Crippen molar-refractivity contribution in [3.63, 3.8) is 0 Å². The van der Waals surface area contributed by atoms with Crippen LogP contribution in [-0.4, -0.2) is 17.2 Å². The Morgan fingerprint density at radius 2 is 2.00 bits per heavy atom. The topological polar surface area (TPSA) is 61.7 Å². The smallest absolute Gasteiger partial charge is 0.244 e. The second kappa shape index (κ2) is 7.75. The van der Waals surface area contributed by atoms with Crippen molar-refractivity contribution in [2.45, 2.75) is 20.3 Å². The zero-order valence-electron chi connectivity index (χ0n) is 12.7. The lowest BCUT2D eigenvalue weighted by Crippen LogP contribution is -2.20. The molecular formula is C17H16Br2N2O2. The van der Waals surface area contributed by atoms with Crippen molar-refractivity contribution < 1.29 is 9.90 Å². The lowest BCUT2D eigenvalue weighted by Gasteiger charge is -2.06. The first-order valence-corrected chi connectivity index (χ1v) is 8.51. The Bertz CT molecular complexity index is 773. The number of nitrogens with zero attached hydrogens (tertiary/aromatic N) is 1. The lowest BCUT2D eigenvalue weighted by molar-refractivity contribution is -0.120. The zero-order chi connectivity index (χ0) is 17.0. The first-order chi connectivity index (χ1) is 10.9. The molecule has 2 rings (SSSR count). The third-order valence-electron chi connectivity index (χ3n) is 3.30. The van der Waals surface area contributed by atoms with Crippen LogP contribution in [0.2, 0.25) is 0 Å². The largest absolute Gasteiger partial charge is 0.506 e. The van der Waals surface area contributed by atoms with Gasteiger partial charge in [0.25, 0.3) is 0 Å². The highest BCUT2D eigenvalue weighted by atomic mass is 79.9. The Morgan fingerprint density at radius 1 is 1.26 bits per heavy atom. The normalized spacial score (nSPS) is 11.0. The van der Waals surface area contributed by atoms with Crippen molar-refractivity contribution in [1.29, 1.82) is 0 Å². The highest BCUT2D eigenvalue weighted by molar-refractivity contribution is 9.11. The molecule has 6 heteroatoms. The molecule has 2 aromatic rings. The van der Waals surface area contributed by atoms with Crippen LogP contribution in [0.25, 0.3) is 0 Å². The minimum absolute atomic E-state index is 0.0700. The number of benzene rings is 2. The van der Waals surface area contributed by atoms with Crippen LogP contribution in [0.1, 0.15) is 22.3 Å². The number of aryl methyl sites for hydroxylation is 2. The summed E-state index contributed by atoms with van der Waals surface area (Å²) in [6, 6.07) is 9.41. The van der Waals surface area contributed by atoms with E-state index in [0.717, 1.165) is 15.6 Å². The van der Waals surface area contributed by atoms with E-state index < -0.39 is 0 Å². The molecule has 0 saturated heterocycles. The molecule has 0 aliphatic carbocycles. The maximum atomic E-state index is 12.0. The van der Waals surface area contributed by atoms with E-state index in [-0.39, 0.29) is 18.1 Å². The van der Waals surface area contributed by atoms with Crippen LogP contribution in [0.3, 0.4) is 0 Å². The van der Waals surface area contributed by atoms with Crippen LogP contribution in [0.15, 0.2) is 44.4 Å². The maximum absolute atomic E-state index is 12.0. The van der Waals surface area contributed by atoms with Gasteiger partial charge in [-0.1, -0.05) is 39.7 Å². The number of nitrogens with one attached hydrogen (secondary N) is 1. The second-order valence-electron chi connectivity index (χ2n) is 5.23. The Labute approximate surface area is 151 Å². The van der Waals surface area contributed by atoms with Gasteiger partial charge in [0.05, 0.1) is 17.1 Å². The summed E-state index contributed by atoms with van der Waals surface area (Å²) in [6.07, 6.45) is 1.67. The molecule has 23 heavy (non-hydrogen) atoms. The van der Waals surface area contributed by atoms with E-state index in [0.29, 0.717) is 10.0 Å². The molecule has 0 atom stereocenters. The molecule has 0 aromatic heterocycles. The summed E-state index contributed by atoms with van der Waals surface area (Å²) in [5.41, 5.74) is 6.19. The highest BCUT2D eigenvalue weighted by Crippen LogP contribution is 2.30. The molecule has 2 aromatic carbocycles. The number of hydrogen-bond donors (Lipinski definition) is 2. The summed E-state index contributed by atoms with van der Waals surface area (Å²) in [6.45, 7) is 4.00. The van der Waals surface area contributed by atoms with Crippen LogP contribution in [0.5, 0.6) is 5.75 Å². The average molecular weight is 440 g/mol. The summed E-state index contributed by atoms with van der Waals surface area (Å²) >= 11 is 6.58. The molecule has 0 bridgehead atoms. The molecule has 2 N–H and O–H groups in total. The number of carbonyl (C=O) groups excluding carboxylic acids is 1. The van der Waals surface area contributed by atoms with Crippen molar-refractivity contribution in [3.8, 4) is 5.75 Å². The first-order valence-electron chi connectivity index (χ1n) is 6.93. The minimum Gasteiger partial charge on any atom is -0.506 e. The van der Waals surface area contributed by atoms with Gasteiger partial charge >= 0.3 is 0 Å². The predicted molar refractivity (Wildman–Crippen MR) is 98.9 cm³/mol. The van der Waals surface area contributed by atoms with Gasteiger partial charge in [-0.05, 0) is 53.0 Å². The Hall–Kier alpha value is -1.66. The van der Waals surface area contributed by atoms with Crippen LogP contribution in [0, 0.1) is 13.8 Å². The van der Waals surface area contributed by atoms with Gasteiger partial charge in [-0.25, -0.2) is 5.43 Å². The molecule has 0 heterocycles. The van der Waals surface area contributed by atoms with E-state index in [1.54, 1.807) is 12.1 Å². The van der Waals surface area contributed by atoms with Crippen molar-refractivity contribution in [3.05, 3.63) is 61.5 Å². The van der Waals surface area contributed by atoms with Gasteiger partial charge in [0, 0.05) is 10.0 Å². The molecule has 0 saturated carbocycles. The molecule has 0 unspecified atom stereocenters. The number of amides is 1. The molecule has 0 fully saturated rings. The number of aromatic hydroxyl groups is 1. The summed E-state index contributed by atoms with van der Waals surface area (Å²) in [7, 11) is 0. The molecule has 0 radical (unpaired) electrons. The quantitative estimate of drug-likeness (QED) is 0.553. The van der Waals surface area contributed by atoms with Crippen LogP contribution < -0.4 is 5.43 Å². The average Bonchev–Trinajstić information content (AvgIpc) is 2.47. The fourth-order valence-corrected chi connectivity index (χ4v) is 3.37. The SMILES string of the molecule is Cc1ccc(CC(=O)N/N=C/c2cc(Br)cc(Br)c2O)c(C)c1. The number of phenolic OH excluding ortho intramolecular Hbond substituents is 1. The molecule has 0 aliphatic rings. The van der Waals surface area contributed by atoms with Gasteiger partial charge < -0.3 is 5.11 Å². The van der Waals surface area contributed by atoms with Gasteiger partial charge in [0.15, 0.2) is 0 Å². The summed E-state index contributed by atoms with van der Waals surface area (Å²) < 4.78 is 1.35. The molecule has 4 nitrogen and oxygen atoms in total. The number of halogens is 2. The summed E-state index contributed by atoms with van der Waals surface area (Å²) in [4.78, 5) is 12.0. The van der Waals surface area contributed by atoms with Crippen LogP contribution in [0.4, 0.5) is 0 Å². The van der Waals surface area contributed by atoms with Crippen molar-refractivity contribution in [1.82, 2.24) is 5.43 Å². The summed E-state index contributed by atoms with van der Waals surface area (Å²) in [5.74, 6) is -0.137. The minimum atomic E-state index is -0.207. The first kappa shape index (κ1) is 17.7. The van der Waals surface area contributed by atoms with E-state index in [1.807, 2.05) is 32.0 Å². The number of hydrogen-bond acceptors (Lipinski definition) is 3. The zero-order valence-corrected chi connectivity index (χ0v) is 15.9. The number of hydrazone groups is 1. The van der Waals surface area contributed by atoms with Crippen molar-refractivity contribution >= 4 is 44.0 Å². The van der Waals surface area contributed by atoms with Gasteiger partial charge in [0.1, 0.15) is 5.75 Å². The van der Waals surface area contributed by atoms with E-state index in [2.05, 4.69) is 42.4 Å². The monoisotopic (exact) mass is 438 g/mol. The molecule has 0 spiro atoms. The van der Waals surface area contributed by atoms with E-state index in [1.165, 1.54) is 11.8 Å². The Balaban J connectivity index is 2.02. The van der Waals surface area contributed by atoms with Gasteiger partial charge in [-0.15, -0.1) is 0 Å². The van der Waals surface area contributed by atoms with Gasteiger partial charge in [-0.3, -0.25) is 4.79 Å². The maximum Gasteiger partial charge on any atom is 0.244 e. The fraction of sp³-hybridized carbons (Fsp3) is 0.176. The van der Waals surface area contributed by atoms with E-state index in [4.69, 9.17) is 0 Å². The van der Waals surface area contributed by atoms with E-state index >= 15 is 0 Å². The molecule has 120 valence electrons. The van der Waals surface area contributed by atoms with Gasteiger partial charge in [-0.2, -0.15) is 5.10 Å². The van der Waals surface area contributed by atoms with Gasteiger partial charge in [0.2, 0.25) is 5.91 Å². The standard InChI is InChI=1S/C17H16Br2N2O2/c1-10-3-4-12(11(2)5-10)7-16(22)21-20-9-13-6-14(18)8-15(19)17(13)23/h3-6,8-9,23H,7H2,1-2H3,(H,21,22)/b20-9+. The Morgan fingerprint density at radius 3 is 2.70 bits per heavy atom. The summed E-state index contributed by atoms with van der Waals surface area (Å²) in [5, 5.41) is 13.8. The van der Waals surface area contributed by atoms with E-state index in [9.17, 15) is 9.90 Å². The third-order valence-corrected chi connectivity index (χ3v) is 4.36. The van der Waals surface area contributed by atoms with Crippen molar-refractivity contribution in [2.24, 2.45) is 5.10 Å². The molecule has 1 amide bonds. The second-order valence-corrected chi connectivity index (χ2v) is 7.00. The molecule has 0 aliphatic heterocycles. The lowest BCUT2D eigenvalue weighted by atomic mass is 10.0. The Kier molecular flexibility index (Phi) is 5.96. The van der Waals surface area contributed by atoms with Crippen LogP contribution >= 0.6 is 31.9 Å². The predicted octanol–water partition coefficient (Wildman–Crippen LogP) is 4.23. The third kappa shape index (κ3) is 4.91. The number of rotatable bonds is 4. The van der Waals surface area contributed by atoms with Crippen molar-refractivity contribution in [2.75, 3.05) is 0 Å².